The molecule has 0 aliphatic carbocycles. The molecule has 1 aliphatic heterocycles. The van der Waals surface area contributed by atoms with Gasteiger partial charge < -0.3 is 15.8 Å². The number of hydrogen-bond acceptors (Lipinski definition) is 4. The first kappa shape index (κ1) is 10.9. The molecule has 6 heteroatoms. The molecule has 2 rings (SSSR count). The zero-order valence-electron chi connectivity index (χ0n) is 9.27. The second-order valence-electron chi connectivity index (χ2n) is 3.93. The predicted octanol–water partition coefficient (Wildman–Crippen LogP) is -0.0889. The Labute approximate surface area is 93.8 Å². The number of nitrogen functional groups attached to an aromatic ring is 1. The van der Waals surface area contributed by atoms with E-state index in [-0.39, 0.29) is 11.9 Å². The Morgan fingerprint density at radius 1 is 1.62 bits per heavy atom. The van der Waals surface area contributed by atoms with Gasteiger partial charge in [-0.1, -0.05) is 0 Å². The second-order valence-corrected chi connectivity index (χ2v) is 3.93. The van der Waals surface area contributed by atoms with E-state index in [1.807, 2.05) is 0 Å². The van der Waals surface area contributed by atoms with Gasteiger partial charge in [0.15, 0.2) is 0 Å². The van der Waals surface area contributed by atoms with Crippen LogP contribution in [0.15, 0.2) is 6.20 Å². The van der Waals surface area contributed by atoms with Crippen LogP contribution >= 0.6 is 0 Å². The van der Waals surface area contributed by atoms with E-state index in [1.54, 1.807) is 7.05 Å². The molecule has 0 bridgehead atoms. The van der Waals surface area contributed by atoms with Gasteiger partial charge >= 0.3 is 0 Å². The molecule has 6 nitrogen and oxygen atoms in total. The van der Waals surface area contributed by atoms with Crippen molar-refractivity contribution >= 4 is 11.6 Å². The molecule has 1 aromatic rings. The van der Waals surface area contributed by atoms with Crippen molar-refractivity contribution < 1.29 is 9.53 Å². The third kappa shape index (κ3) is 2.16. The topological polar surface area (TPSA) is 82.2 Å². The van der Waals surface area contributed by atoms with Crippen LogP contribution in [0.5, 0.6) is 0 Å². The Bertz CT molecular complexity index is 363. The van der Waals surface area contributed by atoms with E-state index in [0.29, 0.717) is 24.6 Å². The molecule has 0 aromatic carbocycles. The molecule has 1 aromatic heterocycles. The minimum atomic E-state index is -0.163. The van der Waals surface area contributed by atoms with Crippen LogP contribution in [0.25, 0.3) is 0 Å². The lowest BCUT2D eigenvalue weighted by molar-refractivity contribution is 0.0692. The summed E-state index contributed by atoms with van der Waals surface area (Å²) in [6.07, 6.45) is 3.19. The average Bonchev–Trinajstić information content (AvgIpc) is 2.60. The number of nitrogens with one attached hydrogen (secondary N) is 1. The summed E-state index contributed by atoms with van der Waals surface area (Å²) in [5, 5.41) is 6.88. The van der Waals surface area contributed by atoms with Crippen molar-refractivity contribution in [1.29, 1.82) is 0 Å². The summed E-state index contributed by atoms with van der Waals surface area (Å²) in [5.74, 6) is -0.163. The number of carbonyl (C=O) groups is 1. The molecule has 0 spiro atoms. The summed E-state index contributed by atoms with van der Waals surface area (Å²) in [7, 11) is 1.70. The van der Waals surface area contributed by atoms with Crippen molar-refractivity contribution in [2.75, 3.05) is 18.9 Å². The highest BCUT2D eigenvalue weighted by molar-refractivity contribution is 5.97. The standard InChI is InChI=1S/C10H16N4O2/c1-14-9(8(11)6-12-14)10(15)13-7-2-4-16-5-3-7/h6-7H,2-5,11H2,1H3,(H,13,15). The van der Waals surface area contributed by atoms with E-state index >= 15 is 0 Å². The highest BCUT2D eigenvalue weighted by Gasteiger charge is 2.20. The minimum Gasteiger partial charge on any atom is -0.396 e. The summed E-state index contributed by atoms with van der Waals surface area (Å²) < 4.78 is 6.72. The lowest BCUT2D eigenvalue weighted by atomic mass is 10.1. The molecule has 1 amide bonds. The van der Waals surface area contributed by atoms with Gasteiger partial charge in [0.1, 0.15) is 5.69 Å². The van der Waals surface area contributed by atoms with Crippen LogP contribution in [0.4, 0.5) is 5.69 Å². The Kier molecular flexibility index (Phi) is 3.09. The van der Waals surface area contributed by atoms with E-state index in [0.717, 1.165) is 12.8 Å². The van der Waals surface area contributed by atoms with E-state index in [9.17, 15) is 4.79 Å². The Hall–Kier alpha value is -1.56. The zero-order chi connectivity index (χ0) is 11.5. The highest BCUT2D eigenvalue weighted by Crippen LogP contribution is 2.11. The van der Waals surface area contributed by atoms with Crippen molar-refractivity contribution in [2.45, 2.75) is 18.9 Å². The molecule has 1 fully saturated rings. The van der Waals surface area contributed by atoms with Crippen molar-refractivity contribution in [2.24, 2.45) is 7.05 Å². The van der Waals surface area contributed by atoms with E-state index in [1.165, 1.54) is 10.9 Å². The highest BCUT2D eigenvalue weighted by atomic mass is 16.5. The number of anilines is 1. The number of aromatic nitrogens is 2. The summed E-state index contributed by atoms with van der Waals surface area (Å²) >= 11 is 0. The number of nitrogens with zero attached hydrogens (tertiary/aromatic N) is 2. The van der Waals surface area contributed by atoms with Crippen LogP contribution < -0.4 is 11.1 Å². The Morgan fingerprint density at radius 3 is 2.88 bits per heavy atom. The maximum atomic E-state index is 11.9. The predicted molar refractivity (Wildman–Crippen MR) is 58.9 cm³/mol. The molecular formula is C10H16N4O2. The van der Waals surface area contributed by atoms with E-state index in [2.05, 4.69) is 10.4 Å². The second kappa shape index (κ2) is 4.52. The summed E-state index contributed by atoms with van der Waals surface area (Å²) in [6.45, 7) is 1.40. The van der Waals surface area contributed by atoms with Crippen LogP contribution in [-0.2, 0) is 11.8 Å². The molecule has 0 atom stereocenters. The normalized spacial score (nSPS) is 17.3. The zero-order valence-corrected chi connectivity index (χ0v) is 9.27. The number of carbonyl (C=O) groups excluding carboxylic acids is 1. The molecule has 0 saturated carbocycles. The molecule has 0 radical (unpaired) electrons. The van der Waals surface area contributed by atoms with Crippen molar-refractivity contribution in [3.05, 3.63) is 11.9 Å². The van der Waals surface area contributed by atoms with Crippen LogP contribution in [0.3, 0.4) is 0 Å². The van der Waals surface area contributed by atoms with Gasteiger partial charge in [0.05, 0.1) is 11.9 Å². The van der Waals surface area contributed by atoms with Crippen LogP contribution in [0.2, 0.25) is 0 Å². The van der Waals surface area contributed by atoms with Gasteiger partial charge in [0.2, 0.25) is 0 Å². The fraction of sp³-hybridized carbons (Fsp3) is 0.600. The molecule has 3 N–H and O–H groups in total. The third-order valence-corrected chi connectivity index (χ3v) is 2.74. The molecule has 88 valence electrons. The number of aryl methyl sites for hydroxylation is 1. The summed E-state index contributed by atoms with van der Waals surface area (Å²) in [6, 6.07) is 0.176. The van der Waals surface area contributed by atoms with Gasteiger partial charge in [-0.15, -0.1) is 0 Å². The number of ether oxygens (including phenoxy) is 1. The van der Waals surface area contributed by atoms with E-state index < -0.39 is 0 Å². The smallest absolute Gasteiger partial charge is 0.271 e. The molecule has 2 heterocycles. The number of hydrogen-bond donors (Lipinski definition) is 2. The summed E-state index contributed by atoms with van der Waals surface area (Å²) in [4.78, 5) is 11.9. The van der Waals surface area contributed by atoms with Crippen molar-refractivity contribution in [3.63, 3.8) is 0 Å². The Balaban J connectivity index is 2.02. The van der Waals surface area contributed by atoms with Crippen LogP contribution in [0, 0.1) is 0 Å². The molecule has 0 unspecified atom stereocenters. The SMILES string of the molecule is Cn1ncc(N)c1C(=O)NC1CCOCC1. The maximum Gasteiger partial charge on any atom is 0.271 e. The van der Waals surface area contributed by atoms with Crippen LogP contribution in [-0.4, -0.2) is 34.9 Å². The van der Waals surface area contributed by atoms with E-state index in [4.69, 9.17) is 10.5 Å². The number of nitrogens with two attached hydrogens (primary N) is 1. The largest absolute Gasteiger partial charge is 0.396 e. The number of amides is 1. The Morgan fingerprint density at radius 2 is 2.31 bits per heavy atom. The molecule has 1 saturated heterocycles. The monoisotopic (exact) mass is 224 g/mol. The van der Waals surface area contributed by atoms with Crippen LogP contribution in [0.1, 0.15) is 23.3 Å². The fourth-order valence-electron chi connectivity index (χ4n) is 1.83. The molecular weight excluding hydrogens is 208 g/mol. The fourth-order valence-corrected chi connectivity index (χ4v) is 1.83. The van der Waals surface area contributed by atoms with Gasteiger partial charge in [-0.2, -0.15) is 5.10 Å². The minimum absolute atomic E-state index is 0.163. The quantitative estimate of drug-likeness (QED) is 0.735. The average molecular weight is 224 g/mol. The van der Waals surface area contributed by atoms with Gasteiger partial charge in [-0.05, 0) is 12.8 Å². The number of rotatable bonds is 2. The lowest BCUT2D eigenvalue weighted by Crippen LogP contribution is -2.39. The van der Waals surface area contributed by atoms with Crippen molar-refractivity contribution in [1.82, 2.24) is 15.1 Å². The van der Waals surface area contributed by atoms with Crippen molar-refractivity contribution in [3.8, 4) is 0 Å². The maximum absolute atomic E-state index is 11.9. The lowest BCUT2D eigenvalue weighted by Gasteiger charge is -2.23. The van der Waals surface area contributed by atoms with Gasteiger partial charge in [-0.3, -0.25) is 9.48 Å². The first-order valence-electron chi connectivity index (χ1n) is 5.34. The van der Waals surface area contributed by atoms with Gasteiger partial charge in [0, 0.05) is 26.3 Å². The van der Waals surface area contributed by atoms with Gasteiger partial charge in [-0.25, -0.2) is 0 Å². The van der Waals surface area contributed by atoms with Gasteiger partial charge in [0.25, 0.3) is 5.91 Å². The first-order valence-corrected chi connectivity index (χ1v) is 5.34. The summed E-state index contributed by atoms with van der Waals surface area (Å²) in [5.41, 5.74) is 6.51. The third-order valence-electron chi connectivity index (χ3n) is 2.74. The molecule has 1 aliphatic rings. The first-order chi connectivity index (χ1) is 7.68. The molecule has 16 heavy (non-hydrogen) atoms.